The molecule has 1 unspecified atom stereocenters. The average molecular weight is 385 g/mol. The number of carbonyl (C=O) groups excluding carboxylic acids is 1. The quantitative estimate of drug-likeness (QED) is 0.724. The molecule has 27 heavy (non-hydrogen) atoms. The molecule has 140 valence electrons. The molecule has 1 aliphatic rings. The van der Waals surface area contributed by atoms with Gasteiger partial charge in [-0.1, -0.05) is 36.4 Å². The summed E-state index contributed by atoms with van der Waals surface area (Å²) in [6, 6.07) is 15.4. The van der Waals surface area contributed by atoms with Gasteiger partial charge in [0.05, 0.1) is 5.52 Å². The van der Waals surface area contributed by atoms with Gasteiger partial charge in [-0.3, -0.25) is 14.3 Å². The second kappa shape index (κ2) is 7.90. The van der Waals surface area contributed by atoms with Crippen molar-refractivity contribution in [2.24, 2.45) is 7.05 Å². The van der Waals surface area contributed by atoms with Gasteiger partial charge < -0.3 is 10.6 Å². The minimum Gasteiger partial charge on any atom is -0.349 e. The van der Waals surface area contributed by atoms with Gasteiger partial charge in [0.15, 0.2) is 5.69 Å². The van der Waals surface area contributed by atoms with E-state index in [4.69, 9.17) is 0 Å². The van der Waals surface area contributed by atoms with Crippen molar-refractivity contribution in [3.05, 3.63) is 75.6 Å². The Kier molecular flexibility index (Phi) is 5.58. The predicted molar refractivity (Wildman–Crippen MR) is 107 cm³/mol. The lowest BCUT2D eigenvalue weighted by molar-refractivity contribution is 0.0941. The van der Waals surface area contributed by atoms with Crippen LogP contribution in [0, 0.1) is 0 Å². The molecule has 7 heteroatoms. The highest BCUT2D eigenvalue weighted by atomic mass is 35.5. The maximum Gasteiger partial charge on any atom is 0.275 e. The Hall–Kier alpha value is -2.70. The van der Waals surface area contributed by atoms with Crippen molar-refractivity contribution in [3.63, 3.8) is 0 Å². The number of aromatic nitrogens is 2. The van der Waals surface area contributed by atoms with Crippen LogP contribution in [0.15, 0.2) is 53.3 Å². The first kappa shape index (κ1) is 19.1. The van der Waals surface area contributed by atoms with Crippen molar-refractivity contribution in [1.82, 2.24) is 20.4 Å². The van der Waals surface area contributed by atoms with E-state index < -0.39 is 5.91 Å². The molecule has 0 saturated carbocycles. The first-order valence-corrected chi connectivity index (χ1v) is 8.70. The third kappa shape index (κ3) is 3.59. The predicted octanol–water partition coefficient (Wildman–Crippen LogP) is 1.97. The van der Waals surface area contributed by atoms with Gasteiger partial charge in [0.1, 0.15) is 0 Å². The number of halogens is 1. The molecule has 1 atom stereocenters. The molecule has 2 N–H and O–H groups in total. The molecule has 0 saturated heterocycles. The fourth-order valence-electron chi connectivity index (χ4n) is 3.53. The maximum absolute atomic E-state index is 12.6. The number of benzene rings is 2. The van der Waals surface area contributed by atoms with Crippen LogP contribution < -0.4 is 16.1 Å². The molecule has 2 heterocycles. The first-order valence-electron chi connectivity index (χ1n) is 8.70. The lowest BCUT2D eigenvalue weighted by atomic mass is 9.94. The molecule has 0 spiro atoms. The van der Waals surface area contributed by atoms with Crippen LogP contribution in [0.1, 0.15) is 27.7 Å². The zero-order chi connectivity index (χ0) is 18.1. The van der Waals surface area contributed by atoms with E-state index in [2.05, 4.69) is 27.9 Å². The Morgan fingerprint density at radius 3 is 2.81 bits per heavy atom. The molecule has 4 rings (SSSR count). The number of aryl methyl sites for hydroxylation is 1. The number of nitrogens with zero attached hydrogens (tertiary/aromatic N) is 2. The van der Waals surface area contributed by atoms with Crippen LogP contribution >= 0.6 is 12.4 Å². The standard InChI is InChI=1S/C20H20N4O2.ClH/c1-24-17-9-5-4-8-15(17)19(25)18(23-24)20(26)22-12-16-14-7-3-2-6-13(14)10-11-21-16;/h2-9,16,21H,10-12H2,1H3,(H,22,26);1H. The summed E-state index contributed by atoms with van der Waals surface area (Å²) in [6.45, 7) is 1.28. The van der Waals surface area contributed by atoms with Gasteiger partial charge in [0.2, 0.25) is 5.43 Å². The average Bonchev–Trinajstić information content (AvgIpc) is 2.69. The molecule has 0 bridgehead atoms. The Bertz CT molecular complexity index is 1050. The summed E-state index contributed by atoms with van der Waals surface area (Å²) in [5.41, 5.74) is 2.78. The number of fused-ring (bicyclic) bond motifs is 2. The van der Waals surface area contributed by atoms with Gasteiger partial charge in [-0.15, -0.1) is 12.4 Å². The summed E-state index contributed by atoms with van der Waals surface area (Å²) < 4.78 is 1.57. The number of nitrogens with one attached hydrogen (secondary N) is 2. The van der Waals surface area contributed by atoms with Crippen LogP contribution in [0.4, 0.5) is 0 Å². The summed E-state index contributed by atoms with van der Waals surface area (Å²) in [6.07, 6.45) is 0.980. The molecular formula is C20H21ClN4O2. The van der Waals surface area contributed by atoms with Gasteiger partial charge in [0.25, 0.3) is 5.91 Å². The van der Waals surface area contributed by atoms with Crippen LogP contribution in [0.2, 0.25) is 0 Å². The largest absolute Gasteiger partial charge is 0.349 e. The van der Waals surface area contributed by atoms with Crippen molar-refractivity contribution in [1.29, 1.82) is 0 Å². The SMILES string of the molecule is Cl.Cn1nc(C(=O)NCC2NCCc3ccccc32)c(=O)c2ccccc21. The molecule has 0 fully saturated rings. The zero-order valence-corrected chi connectivity index (χ0v) is 15.8. The smallest absolute Gasteiger partial charge is 0.275 e. The van der Waals surface area contributed by atoms with E-state index in [-0.39, 0.29) is 29.6 Å². The topological polar surface area (TPSA) is 76.0 Å². The molecule has 1 amide bonds. The number of hydrogen-bond donors (Lipinski definition) is 2. The molecule has 3 aromatic rings. The number of carbonyl (C=O) groups is 1. The normalized spacial score (nSPS) is 15.7. The Morgan fingerprint density at radius 1 is 1.22 bits per heavy atom. The van der Waals surface area contributed by atoms with Crippen LogP contribution in [-0.2, 0) is 13.5 Å². The van der Waals surface area contributed by atoms with Gasteiger partial charge >= 0.3 is 0 Å². The zero-order valence-electron chi connectivity index (χ0n) is 14.9. The molecule has 1 aliphatic heterocycles. The third-order valence-corrected chi connectivity index (χ3v) is 4.86. The fourth-order valence-corrected chi connectivity index (χ4v) is 3.53. The van der Waals surface area contributed by atoms with Crippen molar-refractivity contribution < 1.29 is 4.79 Å². The van der Waals surface area contributed by atoms with Crippen LogP contribution in [0.25, 0.3) is 10.9 Å². The first-order chi connectivity index (χ1) is 12.6. The highest BCUT2D eigenvalue weighted by Gasteiger charge is 2.21. The molecule has 2 aromatic carbocycles. The Balaban J connectivity index is 0.00000210. The van der Waals surface area contributed by atoms with E-state index in [0.717, 1.165) is 13.0 Å². The Morgan fingerprint density at radius 2 is 1.96 bits per heavy atom. The van der Waals surface area contributed by atoms with Crippen molar-refractivity contribution >= 4 is 29.2 Å². The van der Waals surface area contributed by atoms with E-state index in [9.17, 15) is 9.59 Å². The fraction of sp³-hybridized carbons (Fsp3) is 0.250. The monoisotopic (exact) mass is 384 g/mol. The maximum atomic E-state index is 12.6. The van der Waals surface area contributed by atoms with Crippen molar-refractivity contribution in [2.75, 3.05) is 13.1 Å². The number of amides is 1. The summed E-state index contributed by atoms with van der Waals surface area (Å²) in [5.74, 6) is -0.443. The van der Waals surface area contributed by atoms with E-state index in [0.29, 0.717) is 17.4 Å². The van der Waals surface area contributed by atoms with Crippen molar-refractivity contribution in [2.45, 2.75) is 12.5 Å². The number of rotatable bonds is 3. The number of hydrogen-bond acceptors (Lipinski definition) is 4. The molecule has 0 aliphatic carbocycles. The Labute approximate surface area is 163 Å². The lowest BCUT2D eigenvalue weighted by Gasteiger charge is -2.27. The minimum atomic E-state index is -0.443. The van der Waals surface area contributed by atoms with Crippen LogP contribution in [0.3, 0.4) is 0 Å². The van der Waals surface area contributed by atoms with Gasteiger partial charge in [-0.2, -0.15) is 5.10 Å². The summed E-state index contributed by atoms with van der Waals surface area (Å²) in [7, 11) is 1.73. The summed E-state index contributed by atoms with van der Waals surface area (Å²) >= 11 is 0. The summed E-state index contributed by atoms with van der Waals surface area (Å²) in [5, 5.41) is 11.0. The second-order valence-corrected chi connectivity index (χ2v) is 6.48. The highest BCUT2D eigenvalue weighted by Crippen LogP contribution is 2.21. The van der Waals surface area contributed by atoms with Gasteiger partial charge in [-0.05, 0) is 36.2 Å². The van der Waals surface area contributed by atoms with Crippen LogP contribution in [-0.4, -0.2) is 28.8 Å². The second-order valence-electron chi connectivity index (χ2n) is 6.48. The lowest BCUT2D eigenvalue weighted by Crippen LogP contribution is -2.40. The number of para-hydroxylation sites is 1. The van der Waals surface area contributed by atoms with E-state index in [1.165, 1.54) is 11.1 Å². The van der Waals surface area contributed by atoms with Gasteiger partial charge in [0, 0.05) is 25.0 Å². The molecule has 1 aromatic heterocycles. The van der Waals surface area contributed by atoms with Crippen LogP contribution in [0.5, 0.6) is 0 Å². The molecule has 6 nitrogen and oxygen atoms in total. The molecular weight excluding hydrogens is 364 g/mol. The van der Waals surface area contributed by atoms with Crippen molar-refractivity contribution in [3.8, 4) is 0 Å². The van der Waals surface area contributed by atoms with E-state index in [1.54, 1.807) is 23.9 Å². The van der Waals surface area contributed by atoms with E-state index in [1.807, 2.05) is 24.3 Å². The highest BCUT2D eigenvalue weighted by molar-refractivity contribution is 5.95. The minimum absolute atomic E-state index is 0. The third-order valence-electron chi connectivity index (χ3n) is 4.86. The molecule has 0 radical (unpaired) electrons. The van der Waals surface area contributed by atoms with E-state index >= 15 is 0 Å². The van der Waals surface area contributed by atoms with Gasteiger partial charge in [-0.25, -0.2) is 0 Å². The summed E-state index contributed by atoms with van der Waals surface area (Å²) in [4.78, 5) is 25.2.